The van der Waals surface area contributed by atoms with Gasteiger partial charge in [-0.15, -0.1) is 11.3 Å². The number of carbonyl (C=O) groups excluding carboxylic acids is 1. The number of fused-ring (bicyclic) bond motifs is 1. The molecule has 112 valence electrons. The summed E-state index contributed by atoms with van der Waals surface area (Å²) >= 11 is 1.39. The Morgan fingerprint density at radius 3 is 3.14 bits per heavy atom. The lowest BCUT2D eigenvalue weighted by Crippen LogP contribution is -2.31. The molecule has 0 radical (unpaired) electrons. The van der Waals surface area contributed by atoms with Crippen molar-refractivity contribution in [3.8, 4) is 5.75 Å². The van der Waals surface area contributed by atoms with Gasteiger partial charge in [0.15, 0.2) is 0 Å². The number of benzene rings is 1. The van der Waals surface area contributed by atoms with Crippen LogP contribution in [0.15, 0.2) is 18.2 Å². The van der Waals surface area contributed by atoms with Crippen LogP contribution in [-0.4, -0.2) is 32.3 Å². The smallest absolute Gasteiger partial charge is 0.263 e. The first-order valence-electron chi connectivity index (χ1n) is 6.95. The normalized spacial score (nSPS) is 18.0. The van der Waals surface area contributed by atoms with E-state index in [2.05, 4.69) is 5.32 Å². The average Bonchev–Trinajstić information content (AvgIpc) is 3.12. The topological polar surface area (TPSA) is 73.6 Å². The Labute approximate surface area is 127 Å². The molecule has 1 fully saturated rings. The molecule has 1 aliphatic heterocycles. The maximum Gasteiger partial charge on any atom is 0.263 e. The molecule has 3 N–H and O–H groups in total. The van der Waals surface area contributed by atoms with Crippen LogP contribution in [-0.2, 0) is 4.74 Å². The monoisotopic (exact) mass is 306 g/mol. The molecular formula is C15H18N2O3S. The molecule has 1 amide bonds. The molecule has 0 saturated carbocycles. The summed E-state index contributed by atoms with van der Waals surface area (Å²) in [6.07, 6.45) is 2.19. The number of methoxy groups -OCH3 is 1. The molecule has 0 aliphatic carbocycles. The minimum absolute atomic E-state index is 0.129. The number of thiophene rings is 1. The Bertz CT molecular complexity index is 662. The number of amides is 1. The summed E-state index contributed by atoms with van der Waals surface area (Å²) in [6, 6.07) is 5.63. The van der Waals surface area contributed by atoms with E-state index < -0.39 is 0 Å². The molecule has 2 aromatic rings. The van der Waals surface area contributed by atoms with E-state index in [1.807, 2.05) is 18.2 Å². The van der Waals surface area contributed by atoms with Crippen molar-refractivity contribution in [1.82, 2.24) is 5.32 Å². The molecule has 0 bridgehead atoms. The first kappa shape index (κ1) is 14.2. The van der Waals surface area contributed by atoms with Gasteiger partial charge in [0.25, 0.3) is 5.91 Å². The third-order valence-corrected chi connectivity index (χ3v) is 4.82. The largest absolute Gasteiger partial charge is 0.497 e. The first-order chi connectivity index (χ1) is 10.2. The summed E-state index contributed by atoms with van der Waals surface area (Å²) in [4.78, 5) is 12.8. The molecule has 3 rings (SSSR count). The van der Waals surface area contributed by atoms with E-state index in [9.17, 15) is 4.79 Å². The zero-order valence-corrected chi connectivity index (χ0v) is 12.7. The van der Waals surface area contributed by atoms with E-state index in [0.29, 0.717) is 17.1 Å². The van der Waals surface area contributed by atoms with Crippen molar-refractivity contribution in [2.24, 2.45) is 0 Å². The Kier molecular flexibility index (Phi) is 3.98. The molecule has 21 heavy (non-hydrogen) atoms. The molecule has 5 nitrogen and oxygen atoms in total. The van der Waals surface area contributed by atoms with Crippen molar-refractivity contribution in [2.45, 2.75) is 18.9 Å². The molecule has 2 heterocycles. The van der Waals surface area contributed by atoms with Crippen LogP contribution in [0.1, 0.15) is 22.5 Å². The van der Waals surface area contributed by atoms with Crippen LogP contribution >= 0.6 is 11.3 Å². The quantitative estimate of drug-likeness (QED) is 0.909. The fourth-order valence-electron chi connectivity index (χ4n) is 2.48. The van der Waals surface area contributed by atoms with E-state index in [1.54, 1.807) is 7.11 Å². The van der Waals surface area contributed by atoms with Gasteiger partial charge in [0.2, 0.25) is 0 Å². The van der Waals surface area contributed by atoms with Crippen LogP contribution in [0.3, 0.4) is 0 Å². The number of rotatable bonds is 4. The van der Waals surface area contributed by atoms with E-state index in [4.69, 9.17) is 15.2 Å². The molecule has 1 atom stereocenters. The van der Waals surface area contributed by atoms with Gasteiger partial charge in [0, 0.05) is 23.2 Å². The van der Waals surface area contributed by atoms with E-state index in [-0.39, 0.29) is 12.0 Å². The third-order valence-electron chi connectivity index (χ3n) is 3.66. The summed E-state index contributed by atoms with van der Waals surface area (Å²) in [5.74, 6) is 0.623. The first-order valence-corrected chi connectivity index (χ1v) is 7.76. The van der Waals surface area contributed by atoms with Gasteiger partial charge in [0.05, 0.1) is 18.9 Å². The number of ether oxygens (including phenoxy) is 2. The Morgan fingerprint density at radius 2 is 2.43 bits per heavy atom. The summed E-state index contributed by atoms with van der Waals surface area (Å²) in [5, 5.41) is 3.80. The van der Waals surface area contributed by atoms with Gasteiger partial charge in [-0.05, 0) is 31.0 Å². The molecule has 1 aromatic carbocycles. The zero-order valence-electron chi connectivity index (χ0n) is 11.8. The third kappa shape index (κ3) is 2.82. The number of nitrogen functional groups attached to an aromatic ring is 1. The molecule has 1 unspecified atom stereocenters. The van der Waals surface area contributed by atoms with Gasteiger partial charge in [-0.2, -0.15) is 0 Å². The minimum Gasteiger partial charge on any atom is -0.497 e. The highest BCUT2D eigenvalue weighted by atomic mass is 32.1. The lowest BCUT2D eigenvalue weighted by Gasteiger charge is -2.10. The van der Waals surface area contributed by atoms with Crippen LogP contribution in [0.4, 0.5) is 5.69 Å². The zero-order chi connectivity index (χ0) is 14.8. The predicted octanol–water partition coefficient (Wildman–Crippen LogP) is 2.40. The number of hydrogen-bond acceptors (Lipinski definition) is 5. The van der Waals surface area contributed by atoms with E-state index in [0.717, 1.165) is 35.3 Å². The van der Waals surface area contributed by atoms with Crippen molar-refractivity contribution in [3.05, 3.63) is 23.1 Å². The molecule has 1 aromatic heterocycles. The summed E-state index contributed by atoms with van der Waals surface area (Å²) in [7, 11) is 1.62. The van der Waals surface area contributed by atoms with Crippen LogP contribution in [0.5, 0.6) is 5.75 Å². The molecule has 1 saturated heterocycles. The number of anilines is 1. The van der Waals surface area contributed by atoms with Crippen LogP contribution in [0.2, 0.25) is 0 Å². The van der Waals surface area contributed by atoms with Crippen molar-refractivity contribution in [2.75, 3.05) is 26.0 Å². The number of nitrogens with two attached hydrogens (primary N) is 1. The van der Waals surface area contributed by atoms with E-state index >= 15 is 0 Å². The van der Waals surface area contributed by atoms with Crippen LogP contribution < -0.4 is 15.8 Å². The molecule has 1 aliphatic rings. The van der Waals surface area contributed by atoms with Gasteiger partial charge in [-0.25, -0.2) is 0 Å². The predicted molar refractivity (Wildman–Crippen MR) is 84.1 cm³/mol. The summed E-state index contributed by atoms with van der Waals surface area (Å²) in [6.45, 7) is 1.32. The second-order valence-corrected chi connectivity index (χ2v) is 6.10. The summed E-state index contributed by atoms with van der Waals surface area (Å²) in [5.41, 5.74) is 6.62. The minimum atomic E-state index is -0.136. The van der Waals surface area contributed by atoms with Crippen molar-refractivity contribution < 1.29 is 14.3 Å². The van der Waals surface area contributed by atoms with Crippen molar-refractivity contribution in [3.63, 3.8) is 0 Å². The lowest BCUT2D eigenvalue weighted by atomic mass is 10.2. The van der Waals surface area contributed by atoms with Crippen LogP contribution in [0.25, 0.3) is 10.1 Å². The van der Waals surface area contributed by atoms with Crippen molar-refractivity contribution in [1.29, 1.82) is 0 Å². The fourth-order valence-corrected chi connectivity index (χ4v) is 3.55. The number of hydrogen-bond donors (Lipinski definition) is 2. The maximum absolute atomic E-state index is 12.3. The number of nitrogens with one attached hydrogen (secondary N) is 1. The second-order valence-electron chi connectivity index (χ2n) is 5.05. The SMILES string of the molecule is COc1ccc2c(N)c(C(=O)NCC3CCCO3)sc2c1. The maximum atomic E-state index is 12.3. The highest BCUT2D eigenvalue weighted by Gasteiger charge is 2.20. The highest BCUT2D eigenvalue weighted by molar-refractivity contribution is 7.21. The Hall–Kier alpha value is -1.79. The molecular weight excluding hydrogens is 288 g/mol. The Morgan fingerprint density at radius 1 is 1.57 bits per heavy atom. The summed E-state index contributed by atoms with van der Waals surface area (Å²) < 4.78 is 11.6. The van der Waals surface area contributed by atoms with Gasteiger partial charge < -0.3 is 20.5 Å². The molecule has 6 heteroatoms. The van der Waals surface area contributed by atoms with Crippen LogP contribution in [0, 0.1) is 0 Å². The van der Waals surface area contributed by atoms with E-state index in [1.165, 1.54) is 11.3 Å². The lowest BCUT2D eigenvalue weighted by molar-refractivity contribution is 0.0862. The van der Waals surface area contributed by atoms with Gasteiger partial charge in [-0.3, -0.25) is 4.79 Å². The molecule has 0 spiro atoms. The Balaban J connectivity index is 1.78. The fraction of sp³-hybridized carbons (Fsp3) is 0.400. The van der Waals surface area contributed by atoms with Gasteiger partial charge in [0.1, 0.15) is 10.6 Å². The van der Waals surface area contributed by atoms with Gasteiger partial charge in [-0.1, -0.05) is 0 Å². The van der Waals surface area contributed by atoms with Crippen molar-refractivity contribution >= 4 is 33.0 Å². The second kappa shape index (κ2) is 5.91. The average molecular weight is 306 g/mol. The van der Waals surface area contributed by atoms with Gasteiger partial charge >= 0.3 is 0 Å². The highest BCUT2D eigenvalue weighted by Crippen LogP contribution is 2.35. The number of carbonyl (C=O) groups is 1. The standard InChI is InChI=1S/C15H18N2O3S/c1-19-9-4-5-11-12(7-9)21-14(13(11)16)15(18)17-8-10-3-2-6-20-10/h4-5,7,10H,2-3,6,8,16H2,1H3,(H,17,18).